The van der Waals surface area contributed by atoms with E-state index in [1.54, 1.807) is 30.3 Å². The van der Waals surface area contributed by atoms with E-state index in [4.69, 9.17) is 4.74 Å². The second-order valence-corrected chi connectivity index (χ2v) is 7.06. The van der Waals surface area contributed by atoms with Gasteiger partial charge in [-0.05, 0) is 25.3 Å². The van der Waals surface area contributed by atoms with E-state index in [0.717, 1.165) is 0 Å². The lowest BCUT2D eigenvalue weighted by Gasteiger charge is -2.34. The highest BCUT2D eigenvalue weighted by Crippen LogP contribution is 2.30. The van der Waals surface area contributed by atoms with Crippen molar-refractivity contribution in [3.05, 3.63) is 36.2 Å². The summed E-state index contributed by atoms with van der Waals surface area (Å²) in [6.45, 7) is 3.95. The molecule has 1 aliphatic rings. The van der Waals surface area contributed by atoms with E-state index in [9.17, 15) is 8.78 Å². The summed E-state index contributed by atoms with van der Waals surface area (Å²) in [5, 5.41) is 0.527. The normalized spacial score (nSPS) is 17.8. The van der Waals surface area contributed by atoms with Crippen LogP contribution in [0.4, 0.5) is 14.6 Å². The molecule has 3 aromatic rings. The molecule has 6 nitrogen and oxygen atoms in total. The molecule has 0 saturated carbocycles. The second-order valence-electron chi connectivity index (χ2n) is 6.28. The summed E-state index contributed by atoms with van der Waals surface area (Å²) < 4.78 is 34.3. The Morgan fingerprint density at radius 2 is 1.96 bits per heavy atom. The molecule has 0 amide bonds. The highest BCUT2D eigenvalue weighted by Gasteiger charge is 2.25. The number of aromatic nitrogens is 4. The summed E-state index contributed by atoms with van der Waals surface area (Å²) >= 11 is 1.38. The number of para-hydroxylation sites is 2. The highest BCUT2D eigenvalue weighted by atomic mass is 32.2. The Balaban J connectivity index is 1.90. The van der Waals surface area contributed by atoms with Crippen LogP contribution in [0.25, 0.3) is 16.9 Å². The van der Waals surface area contributed by atoms with Gasteiger partial charge in [-0.1, -0.05) is 23.9 Å². The quantitative estimate of drug-likeness (QED) is 0.499. The van der Waals surface area contributed by atoms with Gasteiger partial charge in [0.1, 0.15) is 11.6 Å². The Morgan fingerprint density at radius 1 is 1.19 bits per heavy atom. The summed E-state index contributed by atoms with van der Waals surface area (Å²) in [4.78, 5) is 15.3. The molecular formula is C18H19F2N5OS. The topological polar surface area (TPSA) is 56.1 Å². The lowest BCUT2D eigenvalue weighted by Crippen LogP contribution is -2.44. The maximum absolute atomic E-state index is 13.7. The van der Waals surface area contributed by atoms with Gasteiger partial charge in [0.2, 0.25) is 0 Å². The van der Waals surface area contributed by atoms with E-state index in [1.807, 2.05) is 6.26 Å². The molecule has 9 heteroatoms. The second kappa shape index (κ2) is 7.40. The third kappa shape index (κ3) is 3.37. The maximum atomic E-state index is 13.7. The van der Waals surface area contributed by atoms with Crippen LogP contribution in [0.1, 0.15) is 19.2 Å². The lowest BCUT2D eigenvalue weighted by molar-refractivity contribution is 0.0984. The van der Waals surface area contributed by atoms with Gasteiger partial charge in [0, 0.05) is 12.6 Å². The first-order valence-electron chi connectivity index (χ1n) is 8.62. The van der Waals surface area contributed by atoms with Gasteiger partial charge in [-0.2, -0.15) is 0 Å². The van der Waals surface area contributed by atoms with Crippen LogP contribution in [0.2, 0.25) is 0 Å². The molecule has 1 atom stereocenters. The van der Waals surface area contributed by atoms with Crippen molar-refractivity contribution >= 4 is 28.6 Å². The predicted octanol–water partition coefficient (Wildman–Crippen LogP) is 3.70. The smallest absolute Gasteiger partial charge is 0.296 e. The number of benzene rings is 1. The number of thioether (sulfide) groups is 1. The van der Waals surface area contributed by atoms with E-state index in [0.29, 0.717) is 47.6 Å². The molecule has 27 heavy (non-hydrogen) atoms. The van der Waals surface area contributed by atoms with E-state index in [-0.39, 0.29) is 11.9 Å². The van der Waals surface area contributed by atoms with E-state index >= 15 is 0 Å². The van der Waals surface area contributed by atoms with E-state index < -0.39 is 6.43 Å². The number of hydrogen-bond donors (Lipinski definition) is 0. The molecule has 4 rings (SSSR count). The zero-order chi connectivity index (χ0) is 19.0. The lowest BCUT2D eigenvalue weighted by atomic mass is 10.2. The Hall–Kier alpha value is -2.26. The molecule has 1 fully saturated rings. The fraction of sp³-hybridized carbons (Fsp3) is 0.389. The molecule has 142 valence electrons. The number of ether oxygens (including phenoxy) is 1. The predicted molar refractivity (Wildman–Crippen MR) is 101 cm³/mol. The number of halogens is 2. The monoisotopic (exact) mass is 391 g/mol. The number of nitrogens with zero attached hydrogens (tertiary/aromatic N) is 5. The summed E-state index contributed by atoms with van der Waals surface area (Å²) in [6.07, 6.45) is -0.845. The van der Waals surface area contributed by atoms with Crippen molar-refractivity contribution in [2.45, 2.75) is 24.5 Å². The first-order chi connectivity index (χ1) is 13.1. The van der Waals surface area contributed by atoms with Gasteiger partial charge in [0.25, 0.3) is 6.43 Å². The van der Waals surface area contributed by atoms with Crippen LogP contribution < -0.4 is 4.90 Å². The summed E-state index contributed by atoms with van der Waals surface area (Å²) in [6, 6.07) is 8.97. The summed E-state index contributed by atoms with van der Waals surface area (Å²) in [5.41, 5.74) is 1.11. The van der Waals surface area contributed by atoms with Gasteiger partial charge in [-0.25, -0.2) is 23.7 Å². The molecular weight excluding hydrogens is 372 g/mol. The number of hydrogen-bond acceptors (Lipinski definition) is 6. The minimum Gasteiger partial charge on any atom is -0.377 e. The van der Waals surface area contributed by atoms with Crippen molar-refractivity contribution in [1.29, 1.82) is 0 Å². The van der Waals surface area contributed by atoms with Crippen LogP contribution in [-0.2, 0) is 4.74 Å². The van der Waals surface area contributed by atoms with Crippen molar-refractivity contribution in [3.8, 4) is 5.82 Å². The third-order valence-electron chi connectivity index (χ3n) is 4.53. The van der Waals surface area contributed by atoms with Gasteiger partial charge in [0.15, 0.2) is 11.0 Å². The summed E-state index contributed by atoms with van der Waals surface area (Å²) in [5.74, 6) is 0.785. The van der Waals surface area contributed by atoms with Gasteiger partial charge < -0.3 is 9.64 Å². The number of rotatable bonds is 4. The van der Waals surface area contributed by atoms with Crippen molar-refractivity contribution in [3.63, 3.8) is 0 Å². The molecule has 0 bridgehead atoms. The number of alkyl halides is 2. The Labute approximate surface area is 159 Å². The molecule has 0 radical (unpaired) electrons. The first kappa shape index (κ1) is 18.1. The van der Waals surface area contributed by atoms with E-state index in [1.165, 1.54) is 16.3 Å². The van der Waals surface area contributed by atoms with Crippen molar-refractivity contribution in [1.82, 2.24) is 19.5 Å². The molecule has 0 N–H and O–H groups in total. The van der Waals surface area contributed by atoms with Crippen LogP contribution in [0.5, 0.6) is 0 Å². The molecule has 1 aliphatic heterocycles. The zero-order valence-corrected chi connectivity index (χ0v) is 15.8. The van der Waals surface area contributed by atoms with Gasteiger partial charge in [-0.15, -0.1) is 0 Å². The fourth-order valence-corrected chi connectivity index (χ4v) is 3.62. The average molecular weight is 391 g/mol. The zero-order valence-electron chi connectivity index (χ0n) is 15.0. The van der Waals surface area contributed by atoms with Crippen molar-refractivity contribution in [2.24, 2.45) is 0 Å². The Kier molecular flexibility index (Phi) is 4.96. The number of imidazole rings is 1. The minimum absolute atomic E-state index is 0.144. The maximum Gasteiger partial charge on any atom is 0.296 e. The minimum atomic E-state index is -2.71. The molecule has 0 aliphatic carbocycles. The SMILES string of the molecule is CSc1nc(N2CCOC[C@H]2C)cc(-n2c(C(F)F)nc3ccccc32)n1. The van der Waals surface area contributed by atoms with Gasteiger partial charge >= 0.3 is 0 Å². The van der Waals surface area contributed by atoms with Crippen LogP contribution in [-0.4, -0.2) is 51.6 Å². The third-order valence-corrected chi connectivity index (χ3v) is 5.08. The van der Waals surface area contributed by atoms with Gasteiger partial charge in [0.05, 0.1) is 30.3 Å². The Bertz CT molecular complexity index is 964. The molecule has 1 aromatic carbocycles. The van der Waals surface area contributed by atoms with Crippen LogP contribution >= 0.6 is 11.8 Å². The number of anilines is 1. The fourth-order valence-electron chi connectivity index (χ4n) is 3.25. The summed E-state index contributed by atoms with van der Waals surface area (Å²) in [7, 11) is 0. The highest BCUT2D eigenvalue weighted by molar-refractivity contribution is 7.98. The Morgan fingerprint density at radius 3 is 2.70 bits per heavy atom. The largest absolute Gasteiger partial charge is 0.377 e. The number of fused-ring (bicyclic) bond motifs is 1. The molecule has 3 heterocycles. The molecule has 1 saturated heterocycles. The number of morpholine rings is 1. The molecule has 0 spiro atoms. The molecule has 2 aromatic heterocycles. The van der Waals surface area contributed by atoms with Crippen LogP contribution in [0, 0.1) is 0 Å². The van der Waals surface area contributed by atoms with Gasteiger partial charge in [-0.3, -0.25) is 4.57 Å². The van der Waals surface area contributed by atoms with Crippen LogP contribution in [0.3, 0.4) is 0 Å². The van der Waals surface area contributed by atoms with Crippen molar-refractivity contribution in [2.75, 3.05) is 30.9 Å². The van der Waals surface area contributed by atoms with Crippen LogP contribution in [0.15, 0.2) is 35.5 Å². The standard InChI is InChI=1S/C18H19F2N5OS/c1-11-10-26-8-7-24(11)14-9-15(23-18(22-14)27-2)25-13-6-4-3-5-12(13)21-17(25)16(19)20/h3-6,9,11,16H,7-8,10H2,1-2H3/t11-/m1/s1. The van der Waals surface area contributed by atoms with Crippen molar-refractivity contribution < 1.29 is 13.5 Å². The first-order valence-corrected chi connectivity index (χ1v) is 9.84. The van der Waals surface area contributed by atoms with E-state index in [2.05, 4.69) is 26.8 Å². The molecule has 0 unspecified atom stereocenters. The average Bonchev–Trinajstić information content (AvgIpc) is 3.08.